The Morgan fingerprint density at radius 3 is 2.42 bits per heavy atom. The normalized spacial score (nSPS) is 27.1. The van der Waals surface area contributed by atoms with E-state index in [1.54, 1.807) is 18.2 Å². The number of rotatable bonds is 4. The van der Waals surface area contributed by atoms with Crippen LogP contribution in [-0.4, -0.2) is 22.9 Å². The predicted octanol–water partition coefficient (Wildman–Crippen LogP) is 2.76. The molecule has 2 amide bonds. The molecule has 0 spiro atoms. The number of allylic oxidation sites excluding steroid dienone is 2. The second kappa shape index (κ2) is 6.28. The fourth-order valence-corrected chi connectivity index (χ4v) is 3.80. The standard InChI is InChI=1S/C17H17ClN2O4/c1-8(21)19-13-7-11(4-5-12(13)18)20-16(22)14-9-2-3-10(6-9)15(14)17(23)24/h2-5,7,9-10,14-15H,6H2,1H3,(H,19,21)(H,20,22)(H,23,24). The number of nitrogens with one attached hydrogen (secondary N) is 2. The molecule has 4 atom stereocenters. The number of anilines is 2. The highest BCUT2D eigenvalue weighted by Gasteiger charge is 2.51. The first-order valence-corrected chi connectivity index (χ1v) is 8.03. The number of hydrogen-bond donors (Lipinski definition) is 3. The Kier molecular flexibility index (Phi) is 4.32. The predicted molar refractivity (Wildman–Crippen MR) is 89.7 cm³/mol. The van der Waals surface area contributed by atoms with Gasteiger partial charge < -0.3 is 15.7 Å². The zero-order valence-electron chi connectivity index (χ0n) is 13.0. The average Bonchev–Trinajstić information content (AvgIpc) is 3.10. The zero-order chi connectivity index (χ0) is 17.4. The molecule has 1 aromatic rings. The highest BCUT2D eigenvalue weighted by Crippen LogP contribution is 2.48. The third-order valence-corrected chi connectivity index (χ3v) is 4.92. The smallest absolute Gasteiger partial charge is 0.307 e. The quantitative estimate of drug-likeness (QED) is 0.729. The van der Waals surface area contributed by atoms with Crippen molar-refractivity contribution in [2.75, 3.05) is 10.6 Å². The molecule has 126 valence electrons. The highest BCUT2D eigenvalue weighted by atomic mass is 35.5. The molecule has 3 rings (SSSR count). The van der Waals surface area contributed by atoms with Gasteiger partial charge in [0.05, 0.1) is 22.5 Å². The molecule has 0 radical (unpaired) electrons. The summed E-state index contributed by atoms with van der Waals surface area (Å²) in [6.45, 7) is 1.36. The maximum Gasteiger partial charge on any atom is 0.307 e. The Morgan fingerprint density at radius 2 is 1.79 bits per heavy atom. The van der Waals surface area contributed by atoms with Crippen molar-refractivity contribution < 1.29 is 19.5 Å². The van der Waals surface area contributed by atoms with Gasteiger partial charge in [-0.2, -0.15) is 0 Å². The molecule has 6 nitrogen and oxygen atoms in total. The molecule has 0 aromatic heterocycles. The number of aliphatic carboxylic acids is 1. The summed E-state index contributed by atoms with van der Waals surface area (Å²) in [5.41, 5.74) is 0.855. The fraction of sp³-hybridized carbons (Fsp3) is 0.353. The second-order valence-corrected chi connectivity index (χ2v) is 6.61. The van der Waals surface area contributed by atoms with Crippen molar-refractivity contribution in [2.24, 2.45) is 23.7 Å². The van der Waals surface area contributed by atoms with Gasteiger partial charge >= 0.3 is 5.97 Å². The van der Waals surface area contributed by atoms with Crippen LogP contribution in [0.1, 0.15) is 13.3 Å². The average molecular weight is 349 g/mol. The van der Waals surface area contributed by atoms with E-state index >= 15 is 0 Å². The summed E-state index contributed by atoms with van der Waals surface area (Å²) >= 11 is 6.01. The van der Waals surface area contributed by atoms with Crippen molar-refractivity contribution in [3.8, 4) is 0 Å². The Balaban J connectivity index is 1.79. The summed E-state index contributed by atoms with van der Waals surface area (Å²) in [6, 6.07) is 4.74. The molecule has 0 aliphatic heterocycles. The molecule has 2 bridgehead atoms. The van der Waals surface area contributed by atoms with E-state index in [2.05, 4.69) is 10.6 Å². The molecule has 2 aliphatic carbocycles. The van der Waals surface area contributed by atoms with Crippen LogP contribution in [0.3, 0.4) is 0 Å². The molecule has 24 heavy (non-hydrogen) atoms. The first-order chi connectivity index (χ1) is 11.4. The topological polar surface area (TPSA) is 95.5 Å². The molecule has 7 heteroatoms. The summed E-state index contributed by atoms with van der Waals surface area (Å²) in [4.78, 5) is 35.3. The van der Waals surface area contributed by atoms with Gasteiger partial charge in [-0.15, -0.1) is 0 Å². The van der Waals surface area contributed by atoms with Gasteiger partial charge in [0.2, 0.25) is 11.8 Å². The summed E-state index contributed by atoms with van der Waals surface area (Å²) in [5, 5.41) is 15.1. The third-order valence-electron chi connectivity index (χ3n) is 4.59. The number of halogens is 1. The molecule has 2 aliphatic rings. The molecule has 4 unspecified atom stereocenters. The number of fused-ring (bicyclic) bond motifs is 2. The van der Waals surface area contributed by atoms with Crippen LogP contribution in [0, 0.1) is 23.7 Å². The lowest BCUT2D eigenvalue weighted by atomic mass is 9.82. The number of carboxylic acid groups (broad SMARTS) is 1. The summed E-state index contributed by atoms with van der Waals surface area (Å²) in [7, 11) is 0. The SMILES string of the molecule is CC(=O)Nc1cc(NC(=O)C2C3C=CC(C3)C2C(=O)O)ccc1Cl. The van der Waals surface area contributed by atoms with E-state index < -0.39 is 17.8 Å². The van der Waals surface area contributed by atoms with E-state index in [0.29, 0.717) is 22.8 Å². The number of carbonyl (C=O) groups excluding carboxylic acids is 2. The minimum atomic E-state index is -0.943. The van der Waals surface area contributed by atoms with Crippen molar-refractivity contribution in [3.63, 3.8) is 0 Å². The van der Waals surface area contributed by atoms with Gasteiger partial charge in [-0.3, -0.25) is 14.4 Å². The molecular formula is C17H17ClN2O4. The molecule has 0 heterocycles. The summed E-state index contributed by atoms with van der Waals surface area (Å²) in [6.07, 6.45) is 4.52. The van der Waals surface area contributed by atoms with Crippen LogP contribution in [0.15, 0.2) is 30.4 Å². The number of hydrogen-bond acceptors (Lipinski definition) is 3. The Morgan fingerprint density at radius 1 is 1.12 bits per heavy atom. The first kappa shape index (κ1) is 16.5. The molecule has 3 N–H and O–H groups in total. The summed E-state index contributed by atoms with van der Waals surface area (Å²) < 4.78 is 0. The van der Waals surface area contributed by atoms with E-state index in [4.69, 9.17) is 11.6 Å². The van der Waals surface area contributed by atoms with E-state index in [9.17, 15) is 19.5 Å². The summed E-state index contributed by atoms with van der Waals surface area (Å²) in [5.74, 6) is -2.94. The number of carboxylic acids is 1. The van der Waals surface area contributed by atoms with Crippen molar-refractivity contribution >= 4 is 40.8 Å². The maximum absolute atomic E-state index is 12.6. The lowest BCUT2D eigenvalue weighted by Gasteiger charge is -2.24. The molecular weight excluding hydrogens is 332 g/mol. The molecule has 1 aromatic carbocycles. The van der Waals surface area contributed by atoms with Gasteiger partial charge in [0.1, 0.15) is 0 Å². The minimum absolute atomic E-state index is 0.0433. The number of carbonyl (C=O) groups is 3. The van der Waals surface area contributed by atoms with Gasteiger partial charge in [-0.05, 0) is 36.5 Å². The number of amides is 2. The second-order valence-electron chi connectivity index (χ2n) is 6.20. The van der Waals surface area contributed by atoms with E-state index in [1.807, 2.05) is 12.2 Å². The van der Waals surface area contributed by atoms with Crippen molar-refractivity contribution in [3.05, 3.63) is 35.4 Å². The largest absolute Gasteiger partial charge is 0.481 e. The maximum atomic E-state index is 12.6. The lowest BCUT2D eigenvalue weighted by Crippen LogP contribution is -2.36. The van der Waals surface area contributed by atoms with Crippen LogP contribution in [-0.2, 0) is 14.4 Å². The van der Waals surface area contributed by atoms with E-state index in [0.717, 1.165) is 0 Å². The van der Waals surface area contributed by atoms with Crippen LogP contribution in [0.5, 0.6) is 0 Å². The molecule has 1 saturated carbocycles. The fourth-order valence-electron chi connectivity index (χ4n) is 3.63. The van der Waals surface area contributed by atoms with Crippen LogP contribution >= 0.6 is 11.6 Å². The Labute approximate surface area is 143 Å². The van der Waals surface area contributed by atoms with Gasteiger partial charge in [0, 0.05) is 12.6 Å². The Bertz CT molecular complexity index is 746. The Hall–Kier alpha value is -2.34. The van der Waals surface area contributed by atoms with Crippen molar-refractivity contribution in [2.45, 2.75) is 13.3 Å². The first-order valence-electron chi connectivity index (χ1n) is 7.66. The van der Waals surface area contributed by atoms with Gasteiger partial charge in [0.25, 0.3) is 0 Å². The van der Waals surface area contributed by atoms with Gasteiger partial charge in [-0.1, -0.05) is 23.8 Å². The van der Waals surface area contributed by atoms with Gasteiger partial charge in [-0.25, -0.2) is 0 Å². The van der Waals surface area contributed by atoms with Crippen LogP contribution < -0.4 is 10.6 Å². The monoisotopic (exact) mass is 348 g/mol. The number of benzene rings is 1. The van der Waals surface area contributed by atoms with Crippen LogP contribution in [0.2, 0.25) is 5.02 Å². The van der Waals surface area contributed by atoms with E-state index in [1.165, 1.54) is 6.92 Å². The highest BCUT2D eigenvalue weighted by molar-refractivity contribution is 6.33. The zero-order valence-corrected chi connectivity index (χ0v) is 13.7. The third kappa shape index (κ3) is 3.01. The molecule has 1 fully saturated rings. The van der Waals surface area contributed by atoms with E-state index in [-0.39, 0.29) is 23.7 Å². The van der Waals surface area contributed by atoms with Crippen molar-refractivity contribution in [1.29, 1.82) is 0 Å². The minimum Gasteiger partial charge on any atom is -0.481 e. The van der Waals surface area contributed by atoms with Crippen LogP contribution in [0.25, 0.3) is 0 Å². The lowest BCUT2D eigenvalue weighted by molar-refractivity contribution is -0.146. The molecule has 0 saturated heterocycles. The van der Waals surface area contributed by atoms with Crippen LogP contribution in [0.4, 0.5) is 11.4 Å². The van der Waals surface area contributed by atoms with Crippen molar-refractivity contribution in [1.82, 2.24) is 0 Å². The van der Waals surface area contributed by atoms with Gasteiger partial charge in [0.15, 0.2) is 0 Å².